The van der Waals surface area contributed by atoms with Gasteiger partial charge in [0.15, 0.2) is 0 Å². The van der Waals surface area contributed by atoms with Gasteiger partial charge in [-0.15, -0.1) is 0 Å². The van der Waals surface area contributed by atoms with E-state index in [9.17, 15) is 18.4 Å². The number of rotatable bonds is 8. The molecule has 0 bridgehead atoms. The lowest BCUT2D eigenvalue weighted by atomic mass is 9.47. The second kappa shape index (κ2) is 11.1. The molecule has 1 saturated heterocycles. The van der Waals surface area contributed by atoms with E-state index in [1.54, 1.807) is 0 Å². The first kappa shape index (κ1) is 28.5. The maximum absolute atomic E-state index is 14.1. The predicted molar refractivity (Wildman–Crippen MR) is 150 cm³/mol. The number of unbranched alkanes of at least 4 members (excludes halogenated alkanes) is 4. The molecule has 1 aromatic rings. The van der Waals surface area contributed by atoms with Crippen LogP contribution in [-0.2, 0) is 4.79 Å². The van der Waals surface area contributed by atoms with Crippen LogP contribution in [0.15, 0.2) is 18.2 Å². The summed E-state index contributed by atoms with van der Waals surface area (Å²) in [5.41, 5.74) is 0.301. The highest BCUT2D eigenvalue weighted by molar-refractivity contribution is 5.94. The van der Waals surface area contributed by atoms with E-state index in [1.165, 1.54) is 25.0 Å². The average molecular weight is 543 g/mol. The van der Waals surface area contributed by atoms with E-state index in [1.807, 2.05) is 16.8 Å². The van der Waals surface area contributed by atoms with Crippen LogP contribution >= 0.6 is 0 Å². The SMILES string of the molecule is CCCCCCCN(C(=O)c1cc(F)cc(F)c1)[C@H]1CC[C@H]2[C@@H]3CC[C@H]4N(C)C(=O)CC[C@]4(C)[C@H]3CC[C@]12C. The topological polar surface area (TPSA) is 40.6 Å². The molecule has 1 aliphatic heterocycles. The molecular formula is C33H48F2N2O2. The van der Waals surface area contributed by atoms with Gasteiger partial charge in [0.05, 0.1) is 0 Å². The molecule has 1 heterocycles. The molecule has 3 saturated carbocycles. The third-order valence-electron chi connectivity index (χ3n) is 11.8. The van der Waals surface area contributed by atoms with Crippen LogP contribution in [0.4, 0.5) is 8.78 Å². The minimum atomic E-state index is -0.696. The number of amides is 2. The first-order chi connectivity index (χ1) is 18.6. The van der Waals surface area contributed by atoms with Crippen LogP contribution in [-0.4, -0.2) is 47.3 Å². The van der Waals surface area contributed by atoms with E-state index in [0.29, 0.717) is 42.7 Å². The molecular weight excluding hydrogens is 494 g/mol. The highest BCUT2D eigenvalue weighted by Crippen LogP contribution is 2.65. The van der Waals surface area contributed by atoms with Crippen molar-refractivity contribution < 1.29 is 18.4 Å². The number of benzene rings is 1. The van der Waals surface area contributed by atoms with Crippen LogP contribution in [0.25, 0.3) is 0 Å². The summed E-state index contributed by atoms with van der Waals surface area (Å²) in [5, 5.41) is 0. The number of piperidine rings is 1. The number of likely N-dealkylation sites (tertiary alicyclic amines) is 1. The molecule has 0 radical (unpaired) electrons. The maximum Gasteiger partial charge on any atom is 0.254 e. The molecule has 7 atom stereocenters. The minimum Gasteiger partial charge on any atom is -0.342 e. The van der Waals surface area contributed by atoms with E-state index in [-0.39, 0.29) is 28.3 Å². The van der Waals surface area contributed by atoms with Crippen LogP contribution in [0.5, 0.6) is 0 Å². The zero-order valence-corrected chi connectivity index (χ0v) is 24.5. The van der Waals surface area contributed by atoms with Gasteiger partial charge in [0, 0.05) is 43.7 Å². The number of halogens is 2. The van der Waals surface area contributed by atoms with Crippen LogP contribution in [0.2, 0.25) is 0 Å². The minimum absolute atomic E-state index is 0.00565. The molecule has 4 nitrogen and oxygen atoms in total. The van der Waals surface area contributed by atoms with Crippen molar-refractivity contribution >= 4 is 11.8 Å². The Bertz CT molecular complexity index is 1060. The van der Waals surface area contributed by atoms with Gasteiger partial charge >= 0.3 is 0 Å². The molecule has 216 valence electrons. The predicted octanol–water partition coefficient (Wildman–Crippen LogP) is 7.61. The Hall–Kier alpha value is -1.98. The van der Waals surface area contributed by atoms with Crippen molar-refractivity contribution in [2.24, 2.45) is 28.6 Å². The fourth-order valence-electron chi connectivity index (χ4n) is 9.76. The van der Waals surface area contributed by atoms with Gasteiger partial charge in [-0.05, 0) is 92.1 Å². The first-order valence-corrected chi connectivity index (χ1v) is 15.6. The lowest BCUT2D eigenvalue weighted by Crippen LogP contribution is -2.62. The first-order valence-electron chi connectivity index (χ1n) is 15.6. The van der Waals surface area contributed by atoms with Crippen molar-refractivity contribution in [1.29, 1.82) is 0 Å². The Morgan fingerprint density at radius 1 is 0.923 bits per heavy atom. The second-order valence-corrected chi connectivity index (χ2v) is 13.7. The van der Waals surface area contributed by atoms with Gasteiger partial charge in [-0.2, -0.15) is 0 Å². The molecule has 1 aromatic carbocycles. The van der Waals surface area contributed by atoms with Gasteiger partial charge < -0.3 is 9.80 Å². The monoisotopic (exact) mass is 542 g/mol. The highest BCUT2D eigenvalue weighted by atomic mass is 19.1. The quantitative estimate of drug-likeness (QED) is 0.317. The zero-order valence-electron chi connectivity index (χ0n) is 24.5. The Kier molecular flexibility index (Phi) is 8.14. The number of nitrogens with zero attached hydrogens (tertiary/aromatic N) is 2. The van der Waals surface area contributed by atoms with Gasteiger partial charge in [0.1, 0.15) is 11.6 Å². The van der Waals surface area contributed by atoms with E-state index >= 15 is 0 Å². The van der Waals surface area contributed by atoms with Gasteiger partial charge in [-0.3, -0.25) is 9.59 Å². The van der Waals surface area contributed by atoms with Crippen molar-refractivity contribution in [2.45, 2.75) is 116 Å². The van der Waals surface area contributed by atoms with Crippen molar-refractivity contribution in [2.75, 3.05) is 13.6 Å². The lowest BCUT2D eigenvalue weighted by molar-refractivity contribution is -0.158. The summed E-state index contributed by atoms with van der Waals surface area (Å²) in [4.78, 5) is 30.5. The second-order valence-electron chi connectivity index (χ2n) is 13.7. The molecule has 0 unspecified atom stereocenters. The summed E-state index contributed by atoms with van der Waals surface area (Å²) in [6, 6.07) is 3.67. The molecule has 3 aliphatic carbocycles. The number of carbonyl (C=O) groups excluding carboxylic acids is 2. The lowest BCUT2D eigenvalue weighted by Gasteiger charge is -2.62. The van der Waals surface area contributed by atoms with Gasteiger partial charge in [-0.25, -0.2) is 8.78 Å². The number of hydrogen-bond acceptors (Lipinski definition) is 2. The smallest absolute Gasteiger partial charge is 0.254 e. The zero-order chi connectivity index (χ0) is 27.9. The largest absolute Gasteiger partial charge is 0.342 e. The molecule has 0 spiro atoms. The molecule has 2 amide bonds. The average Bonchev–Trinajstić information content (AvgIpc) is 3.25. The Morgan fingerprint density at radius 3 is 2.33 bits per heavy atom. The standard InChI is InChI=1S/C33H48F2N2O2/c1-5-6-7-8-9-18-37(31(39)22-19-23(34)21-24(35)20-22)29-13-11-26-25-10-12-28-32(2,17-15-30(38)36(28)4)27(25)14-16-33(26,29)3/h19-21,25-29H,5-18H2,1-4H3/t25-,26-,27-,28+,29-,32+,33-/m0/s1. The summed E-state index contributed by atoms with van der Waals surface area (Å²) in [6.07, 6.45) is 13.6. The summed E-state index contributed by atoms with van der Waals surface area (Å²) in [7, 11) is 2.00. The van der Waals surface area contributed by atoms with Gasteiger partial charge in [-0.1, -0.05) is 46.5 Å². The van der Waals surface area contributed by atoms with Gasteiger partial charge in [0.25, 0.3) is 5.91 Å². The molecule has 0 aromatic heterocycles. The van der Waals surface area contributed by atoms with Crippen LogP contribution in [0.3, 0.4) is 0 Å². The van der Waals surface area contributed by atoms with E-state index in [4.69, 9.17) is 0 Å². The molecule has 4 fully saturated rings. The molecule has 0 N–H and O–H groups in total. The van der Waals surface area contributed by atoms with Crippen molar-refractivity contribution in [3.05, 3.63) is 35.4 Å². The number of fused-ring (bicyclic) bond motifs is 5. The van der Waals surface area contributed by atoms with Crippen LogP contribution < -0.4 is 0 Å². The van der Waals surface area contributed by atoms with Crippen molar-refractivity contribution in [1.82, 2.24) is 9.80 Å². The molecule has 5 rings (SSSR count). The summed E-state index contributed by atoms with van der Waals surface area (Å²) in [6.45, 7) is 7.69. The van der Waals surface area contributed by atoms with Crippen molar-refractivity contribution in [3.63, 3.8) is 0 Å². The van der Waals surface area contributed by atoms with Gasteiger partial charge in [0.2, 0.25) is 5.91 Å². The third kappa shape index (κ3) is 5.03. The number of hydrogen-bond donors (Lipinski definition) is 0. The summed E-state index contributed by atoms with van der Waals surface area (Å²) >= 11 is 0. The number of carbonyl (C=O) groups is 2. The van der Waals surface area contributed by atoms with E-state index in [2.05, 4.69) is 20.8 Å². The van der Waals surface area contributed by atoms with Crippen LogP contribution in [0, 0.1) is 40.2 Å². The maximum atomic E-state index is 14.1. The normalized spacial score (nSPS) is 35.8. The fraction of sp³-hybridized carbons (Fsp3) is 0.758. The van der Waals surface area contributed by atoms with E-state index < -0.39 is 11.6 Å². The highest BCUT2D eigenvalue weighted by Gasteiger charge is 2.62. The molecule has 4 aliphatic rings. The third-order valence-corrected chi connectivity index (χ3v) is 11.8. The van der Waals surface area contributed by atoms with Crippen LogP contribution in [0.1, 0.15) is 115 Å². The summed E-state index contributed by atoms with van der Waals surface area (Å²) < 4.78 is 28.3. The molecule has 39 heavy (non-hydrogen) atoms. The Morgan fingerprint density at radius 2 is 1.62 bits per heavy atom. The fourth-order valence-corrected chi connectivity index (χ4v) is 9.76. The Labute approximate surface area is 233 Å². The summed E-state index contributed by atoms with van der Waals surface area (Å²) in [5.74, 6) is 0.446. The Balaban J connectivity index is 1.39. The van der Waals surface area contributed by atoms with E-state index in [0.717, 1.165) is 70.3 Å². The molecule has 6 heteroatoms. The van der Waals surface area contributed by atoms with Crippen molar-refractivity contribution in [3.8, 4) is 0 Å².